The Morgan fingerprint density at radius 2 is 1.18 bits per heavy atom. The molecule has 4 aromatic rings. The normalized spacial score (nSPS) is 10.0. The lowest BCUT2D eigenvalue weighted by Gasteiger charge is -1.92. The van der Waals surface area contributed by atoms with Gasteiger partial charge in [-0.15, -0.1) is 11.3 Å². The Morgan fingerprint density at radius 1 is 0.682 bits per heavy atom. The second kappa shape index (κ2) is 6.96. The summed E-state index contributed by atoms with van der Waals surface area (Å²) in [6.07, 6.45) is 0. The van der Waals surface area contributed by atoms with Crippen LogP contribution in [0.4, 0.5) is 4.39 Å². The first kappa shape index (κ1) is 14.4. The van der Waals surface area contributed by atoms with Crippen molar-refractivity contribution in [2.24, 2.45) is 0 Å². The average Bonchev–Trinajstić information content (AvgIpc) is 3.03. The molecule has 1 aromatic heterocycles. The number of benzene rings is 3. The third-order valence-electron chi connectivity index (χ3n) is 3.16. The Balaban J connectivity index is 0.000000133. The molecule has 0 radical (unpaired) electrons. The molecule has 0 amide bonds. The lowest BCUT2D eigenvalue weighted by Crippen LogP contribution is -1.75. The zero-order chi connectivity index (χ0) is 15.2. The van der Waals surface area contributed by atoms with Gasteiger partial charge in [-0.05, 0) is 10.8 Å². The molecule has 0 spiro atoms. The summed E-state index contributed by atoms with van der Waals surface area (Å²) in [5.74, 6) is -0.404. The van der Waals surface area contributed by atoms with Crippen LogP contribution in [-0.4, -0.2) is 4.98 Å². The molecule has 1 heterocycles. The monoisotopic (exact) mass is 307 g/mol. The summed E-state index contributed by atoms with van der Waals surface area (Å²) < 4.78 is 12.5. The van der Waals surface area contributed by atoms with Gasteiger partial charge in [0.15, 0.2) is 0 Å². The smallest absolute Gasteiger partial charge is 0.208 e. The van der Waals surface area contributed by atoms with Crippen molar-refractivity contribution in [2.45, 2.75) is 0 Å². The Kier molecular flexibility index (Phi) is 4.56. The molecule has 0 saturated carbocycles. The number of nitrogens with zero attached hydrogens (tertiary/aromatic N) is 1. The number of hydrogen-bond acceptors (Lipinski definition) is 2. The summed E-state index contributed by atoms with van der Waals surface area (Å²) in [7, 11) is 0. The van der Waals surface area contributed by atoms with Crippen LogP contribution in [0.3, 0.4) is 0 Å². The summed E-state index contributed by atoms with van der Waals surface area (Å²) in [6.45, 7) is 0. The number of rotatable bonds is 1. The topological polar surface area (TPSA) is 12.9 Å². The SMILES string of the molecule is Fc1csc(-c2ccccc2)n1.c1ccc2ccccc2c1. The zero-order valence-electron chi connectivity index (χ0n) is 11.8. The first-order valence-electron chi connectivity index (χ1n) is 6.93. The van der Waals surface area contributed by atoms with E-state index in [1.54, 1.807) is 0 Å². The highest BCUT2D eigenvalue weighted by Crippen LogP contribution is 2.22. The number of hydrogen-bond donors (Lipinski definition) is 0. The van der Waals surface area contributed by atoms with Crippen LogP contribution >= 0.6 is 11.3 Å². The molecule has 108 valence electrons. The number of aromatic nitrogens is 1. The molecule has 4 rings (SSSR count). The Labute approximate surface area is 132 Å². The number of fused-ring (bicyclic) bond motifs is 1. The van der Waals surface area contributed by atoms with E-state index in [1.165, 1.54) is 27.5 Å². The fourth-order valence-corrected chi connectivity index (χ4v) is 2.77. The maximum absolute atomic E-state index is 12.5. The van der Waals surface area contributed by atoms with Crippen LogP contribution in [0.15, 0.2) is 84.2 Å². The molecule has 0 bridgehead atoms. The van der Waals surface area contributed by atoms with Crippen LogP contribution in [0.25, 0.3) is 21.3 Å². The van der Waals surface area contributed by atoms with Gasteiger partial charge in [-0.1, -0.05) is 78.9 Å². The molecule has 1 nitrogen and oxygen atoms in total. The van der Waals surface area contributed by atoms with Gasteiger partial charge in [0.25, 0.3) is 0 Å². The van der Waals surface area contributed by atoms with Gasteiger partial charge in [0, 0.05) is 10.9 Å². The molecule has 0 aliphatic heterocycles. The Bertz CT molecular complexity index is 790. The van der Waals surface area contributed by atoms with Crippen molar-refractivity contribution >= 4 is 22.1 Å². The van der Waals surface area contributed by atoms with E-state index in [-0.39, 0.29) is 0 Å². The van der Waals surface area contributed by atoms with E-state index in [9.17, 15) is 4.39 Å². The van der Waals surface area contributed by atoms with E-state index >= 15 is 0 Å². The van der Waals surface area contributed by atoms with Gasteiger partial charge in [0.1, 0.15) is 5.01 Å². The van der Waals surface area contributed by atoms with Crippen LogP contribution in [0.5, 0.6) is 0 Å². The van der Waals surface area contributed by atoms with Crippen LogP contribution in [0.1, 0.15) is 0 Å². The lowest BCUT2D eigenvalue weighted by atomic mass is 10.1. The molecule has 3 heteroatoms. The maximum Gasteiger partial charge on any atom is 0.224 e. The van der Waals surface area contributed by atoms with E-state index in [0.29, 0.717) is 0 Å². The fraction of sp³-hybridized carbons (Fsp3) is 0. The van der Waals surface area contributed by atoms with Crippen molar-refractivity contribution in [3.8, 4) is 10.6 Å². The predicted molar refractivity (Wildman–Crippen MR) is 91.5 cm³/mol. The average molecular weight is 307 g/mol. The minimum Gasteiger partial charge on any atom is -0.208 e. The highest BCUT2D eigenvalue weighted by atomic mass is 32.1. The third kappa shape index (κ3) is 3.57. The van der Waals surface area contributed by atoms with E-state index in [0.717, 1.165) is 10.6 Å². The molecular formula is C19H14FNS. The highest BCUT2D eigenvalue weighted by molar-refractivity contribution is 7.13. The minimum atomic E-state index is -0.404. The summed E-state index contributed by atoms with van der Waals surface area (Å²) >= 11 is 1.32. The second-order valence-corrected chi connectivity index (χ2v) is 5.55. The minimum absolute atomic E-state index is 0.404. The Hall–Kier alpha value is -2.52. The van der Waals surface area contributed by atoms with Crippen molar-refractivity contribution in [1.82, 2.24) is 4.98 Å². The molecule has 0 saturated heterocycles. The standard InChI is InChI=1S/C10H8.C9H6FNS/c1-2-6-10-8-4-3-7-9(10)5-1;10-8-6-12-9(11-8)7-4-2-1-3-5-7/h1-8H;1-6H. The van der Waals surface area contributed by atoms with E-state index in [2.05, 4.69) is 53.5 Å². The van der Waals surface area contributed by atoms with Crippen molar-refractivity contribution in [3.63, 3.8) is 0 Å². The fourth-order valence-electron chi connectivity index (χ4n) is 2.10. The van der Waals surface area contributed by atoms with Gasteiger partial charge in [0.2, 0.25) is 5.95 Å². The second-order valence-electron chi connectivity index (χ2n) is 4.69. The zero-order valence-corrected chi connectivity index (χ0v) is 12.6. The summed E-state index contributed by atoms with van der Waals surface area (Å²) in [6, 6.07) is 26.3. The predicted octanol–water partition coefficient (Wildman–Crippen LogP) is 5.79. The van der Waals surface area contributed by atoms with Gasteiger partial charge < -0.3 is 0 Å². The molecule has 0 aliphatic carbocycles. The molecular weight excluding hydrogens is 293 g/mol. The first-order valence-corrected chi connectivity index (χ1v) is 7.81. The maximum atomic E-state index is 12.5. The van der Waals surface area contributed by atoms with E-state index in [1.807, 2.05) is 30.3 Å². The highest BCUT2D eigenvalue weighted by Gasteiger charge is 2.01. The summed E-state index contributed by atoms with van der Waals surface area (Å²) in [5, 5.41) is 4.76. The Morgan fingerprint density at radius 3 is 1.64 bits per heavy atom. The molecule has 22 heavy (non-hydrogen) atoms. The van der Waals surface area contributed by atoms with E-state index in [4.69, 9.17) is 0 Å². The summed E-state index contributed by atoms with van der Waals surface area (Å²) in [5.41, 5.74) is 0.964. The van der Waals surface area contributed by atoms with Crippen LogP contribution < -0.4 is 0 Å². The van der Waals surface area contributed by atoms with Gasteiger partial charge in [-0.2, -0.15) is 4.39 Å². The number of thiazole rings is 1. The molecule has 3 aromatic carbocycles. The largest absolute Gasteiger partial charge is 0.224 e. The molecule has 0 N–H and O–H groups in total. The van der Waals surface area contributed by atoms with Crippen molar-refractivity contribution in [1.29, 1.82) is 0 Å². The van der Waals surface area contributed by atoms with Crippen molar-refractivity contribution < 1.29 is 4.39 Å². The van der Waals surface area contributed by atoms with Crippen LogP contribution in [0.2, 0.25) is 0 Å². The van der Waals surface area contributed by atoms with Gasteiger partial charge >= 0.3 is 0 Å². The van der Waals surface area contributed by atoms with Gasteiger partial charge in [-0.25, -0.2) is 4.98 Å². The number of halogens is 1. The lowest BCUT2D eigenvalue weighted by molar-refractivity contribution is 0.593. The molecule has 0 fully saturated rings. The van der Waals surface area contributed by atoms with Crippen LogP contribution in [0, 0.1) is 5.95 Å². The van der Waals surface area contributed by atoms with Gasteiger partial charge in [-0.3, -0.25) is 0 Å². The van der Waals surface area contributed by atoms with Gasteiger partial charge in [0.05, 0.1) is 0 Å². The molecule has 0 atom stereocenters. The van der Waals surface area contributed by atoms with Crippen molar-refractivity contribution in [3.05, 3.63) is 90.2 Å². The molecule has 0 aliphatic rings. The quantitative estimate of drug-likeness (QED) is 0.434. The first-order chi connectivity index (χ1) is 10.8. The summed E-state index contributed by atoms with van der Waals surface area (Å²) in [4.78, 5) is 3.73. The van der Waals surface area contributed by atoms with Crippen molar-refractivity contribution in [2.75, 3.05) is 0 Å². The third-order valence-corrected chi connectivity index (χ3v) is 4.02. The van der Waals surface area contributed by atoms with E-state index < -0.39 is 5.95 Å². The van der Waals surface area contributed by atoms with Crippen LogP contribution in [-0.2, 0) is 0 Å². The molecule has 0 unspecified atom stereocenters.